The van der Waals surface area contributed by atoms with Gasteiger partial charge >= 0.3 is 0 Å². The second-order valence-electron chi connectivity index (χ2n) is 6.73. The van der Waals surface area contributed by atoms with Crippen molar-refractivity contribution in [3.05, 3.63) is 115 Å². The molecule has 5 aromatic carbocycles. The van der Waals surface area contributed by atoms with Gasteiger partial charge in [-0.2, -0.15) is 0 Å². The van der Waals surface area contributed by atoms with E-state index < -0.39 is 0 Å². The standard InChI is InChI=1S/C26H18/c1-18(20-15-14-19-8-2-3-9-21(19)16-20)26-17-22-10-4-5-11-23(22)24-12-6-7-13-25(24)26/h2-17H,1H2. The quantitative estimate of drug-likeness (QED) is 0.300. The van der Waals surface area contributed by atoms with E-state index in [1.54, 1.807) is 0 Å². The van der Waals surface area contributed by atoms with Crippen LogP contribution in [0.1, 0.15) is 11.1 Å². The molecule has 0 saturated heterocycles. The van der Waals surface area contributed by atoms with E-state index in [2.05, 4.69) is 104 Å². The van der Waals surface area contributed by atoms with E-state index in [9.17, 15) is 0 Å². The summed E-state index contributed by atoms with van der Waals surface area (Å²) in [5.74, 6) is 0. The monoisotopic (exact) mass is 330 g/mol. The minimum atomic E-state index is 1.07. The summed E-state index contributed by atoms with van der Waals surface area (Å²) >= 11 is 0. The molecule has 0 nitrogen and oxygen atoms in total. The summed E-state index contributed by atoms with van der Waals surface area (Å²) in [5, 5.41) is 7.58. The summed E-state index contributed by atoms with van der Waals surface area (Å²) in [6.07, 6.45) is 0. The van der Waals surface area contributed by atoms with Crippen LogP contribution < -0.4 is 0 Å². The Morgan fingerprint density at radius 3 is 1.92 bits per heavy atom. The van der Waals surface area contributed by atoms with Gasteiger partial charge in [0.2, 0.25) is 0 Å². The highest BCUT2D eigenvalue weighted by Crippen LogP contribution is 2.35. The molecule has 0 aliphatic rings. The van der Waals surface area contributed by atoms with E-state index in [0.29, 0.717) is 0 Å². The molecule has 0 atom stereocenters. The molecule has 0 fully saturated rings. The molecule has 5 aromatic rings. The lowest BCUT2D eigenvalue weighted by atomic mass is 9.90. The van der Waals surface area contributed by atoms with Crippen molar-refractivity contribution in [2.45, 2.75) is 0 Å². The van der Waals surface area contributed by atoms with Crippen LogP contribution in [0.3, 0.4) is 0 Å². The smallest absolute Gasteiger partial charge is 0.00990 e. The lowest BCUT2D eigenvalue weighted by Crippen LogP contribution is -1.90. The van der Waals surface area contributed by atoms with Crippen molar-refractivity contribution < 1.29 is 0 Å². The number of hydrogen-bond acceptors (Lipinski definition) is 0. The van der Waals surface area contributed by atoms with Crippen LogP contribution in [-0.2, 0) is 0 Å². The second kappa shape index (κ2) is 5.86. The van der Waals surface area contributed by atoms with Crippen molar-refractivity contribution in [2.24, 2.45) is 0 Å². The van der Waals surface area contributed by atoms with Gasteiger partial charge in [0.1, 0.15) is 0 Å². The zero-order valence-electron chi connectivity index (χ0n) is 14.4. The van der Waals surface area contributed by atoms with Gasteiger partial charge in [-0.1, -0.05) is 91.5 Å². The molecule has 0 aliphatic carbocycles. The van der Waals surface area contributed by atoms with E-state index in [1.807, 2.05) is 0 Å². The van der Waals surface area contributed by atoms with Crippen molar-refractivity contribution in [1.82, 2.24) is 0 Å². The van der Waals surface area contributed by atoms with Crippen molar-refractivity contribution in [3.63, 3.8) is 0 Å². The van der Waals surface area contributed by atoms with Crippen molar-refractivity contribution in [3.8, 4) is 0 Å². The van der Waals surface area contributed by atoms with Gasteiger partial charge in [0, 0.05) is 0 Å². The van der Waals surface area contributed by atoms with Crippen LogP contribution in [-0.4, -0.2) is 0 Å². The summed E-state index contributed by atoms with van der Waals surface area (Å²) < 4.78 is 0. The maximum absolute atomic E-state index is 4.46. The van der Waals surface area contributed by atoms with Gasteiger partial charge in [-0.3, -0.25) is 0 Å². The minimum absolute atomic E-state index is 1.07. The average Bonchev–Trinajstić information content (AvgIpc) is 2.72. The Morgan fingerprint density at radius 1 is 0.500 bits per heavy atom. The summed E-state index contributed by atoms with van der Waals surface area (Å²) in [4.78, 5) is 0. The topological polar surface area (TPSA) is 0 Å². The summed E-state index contributed by atoms with van der Waals surface area (Å²) in [7, 11) is 0. The first-order chi connectivity index (χ1) is 12.8. The molecule has 0 spiro atoms. The maximum atomic E-state index is 4.46. The Bertz CT molecular complexity index is 1290. The maximum Gasteiger partial charge on any atom is -0.00990 e. The highest BCUT2D eigenvalue weighted by Gasteiger charge is 2.10. The zero-order valence-corrected chi connectivity index (χ0v) is 14.4. The fraction of sp³-hybridized carbons (Fsp3) is 0. The van der Waals surface area contributed by atoms with Gasteiger partial charge in [-0.05, 0) is 61.2 Å². The first-order valence-electron chi connectivity index (χ1n) is 8.90. The third kappa shape index (κ3) is 2.31. The van der Waals surface area contributed by atoms with Crippen LogP contribution >= 0.6 is 0 Å². The van der Waals surface area contributed by atoms with Crippen molar-refractivity contribution in [2.75, 3.05) is 0 Å². The molecule has 5 rings (SSSR count). The second-order valence-corrected chi connectivity index (χ2v) is 6.73. The van der Waals surface area contributed by atoms with Gasteiger partial charge in [-0.15, -0.1) is 0 Å². The molecule has 0 radical (unpaired) electrons. The predicted octanol–water partition coefficient (Wildman–Crippen LogP) is 7.21. The average molecular weight is 330 g/mol. The third-order valence-electron chi connectivity index (χ3n) is 5.19. The van der Waals surface area contributed by atoms with E-state index in [4.69, 9.17) is 0 Å². The Morgan fingerprint density at radius 2 is 1.12 bits per heavy atom. The number of rotatable bonds is 2. The molecule has 0 heterocycles. The number of fused-ring (bicyclic) bond motifs is 4. The molecule has 0 aliphatic heterocycles. The highest BCUT2D eigenvalue weighted by molar-refractivity contribution is 6.13. The van der Waals surface area contributed by atoms with Crippen LogP contribution in [0.25, 0.3) is 37.9 Å². The van der Waals surface area contributed by atoms with Crippen molar-refractivity contribution in [1.29, 1.82) is 0 Å². The molecular weight excluding hydrogens is 312 g/mol. The molecule has 0 unspecified atom stereocenters. The number of hydrogen-bond donors (Lipinski definition) is 0. The molecule has 0 bridgehead atoms. The summed E-state index contributed by atoms with van der Waals surface area (Å²) in [6, 6.07) is 34.5. The van der Waals surface area contributed by atoms with Gasteiger partial charge in [0.15, 0.2) is 0 Å². The van der Waals surface area contributed by atoms with Crippen LogP contribution in [0, 0.1) is 0 Å². The number of benzene rings is 5. The fourth-order valence-corrected chi connectivity index (χ4v) is 3.84. The van der Waals surface area contributed by atoms with E-state index in [0.717, 1.165) is 5.57 Å². The normalized spacial score (nSPS) is 11.2. The van der Waals surface area contributed by atoms with Gasteiger partial charge < -0.3 is 0 Å². The molecule has 26 heavy (non-hydrogen) atoms. The van der Waals surface area contributed by atoms with E-state index in [1.165, 1.54) is 43.4 Å². The van der Waals surface area contributed by atoms with Crippen LogP contribution in [0.4, 0.5) is 0 Å². The van der Waals surface area contributed by atoms with Gasteiger partial charge in [-0.25, -0.2) is 0 Å². The first-order valence-corrected chi connectivity index (χ1v) is 8.90. The van der Waals surface area contributed by atoms with Crippen LogP contribution in [0.5, 0.6) is 0 Å². The SMILES string of the molecule is C=C(c1ccc2ccccc2c1)c1cc2ccccc2c2ccccc12. The lowest BCUT2D eigenvalue weighted by Gasteiger charge is -2.14. The summed E-state index contributed by atoms with van der Waals surface area (Å²) in [5.41, 5.74) is 3.44. The third-order valence-corrected chi connectivity index (χ3v) is 5.19. The van der Waals surface area contributed by atoms with E-state index >= 15 is 0 Å². The highest BCUT2D eigenvalue weighted by atomic mass is 14.1. The predicted molar refractivity (Wildman–Crippen MR) is 114 cm³/mol. The Kier molecular flexibility index (Phi) is 3.36. The Balaban J connectivity index is 1.77. The Hall–Kier alpha value is -3.38. The lowest BCUT2D eigenvalue weighted by molar-refractivity contribution is 1.63. The molecule has 0 amide bonds. The molecule has 0 heteroatoms. The van der Waals surface area contributed by atoms with Gasteiger partial charge in [0.25, 0.3) is 0 Å². The zero-order chi connectivity index (χ0) is 17.5. The Labute approximate surface area is 153 Å². The largest absolute Gasteiger partial charge is 0.0905 e. The van der Waals surface area contributed by atoms with Crippen LogP contribution in [0.15, 0.2) is 104 Å². The van der Waals surface area contributed by atoms with Crippen molar-refractivity contribution >= 4 is 37.9 Å². The molecular formula is C26H18. The molecule has 122 valence electrons. The van der Waals surface area contributed by atoms with Crippen LogP contribution in [0.2, 0.25) is 0 Å². The summed E-state index contributed by atoms with van der Waals surface area (Å²) in [6.45, 7) is 4.46. The van der Waals surface area contributed by atoms with Gasteiger partial charge in [0.05, 0.1) is 0 Å². The molecule has 0 aromatic heterocycles. The molecule has 0 N–H and O–H groups in total. The van der Waals surface area contributed by atoms with E-state index in [-0.39, 0.29) is 0 Å². The minimum Gasteiger partial charge on any atom is -0.0905 e. The first kappa shape index (κ1) is 14.9. The fourth-order valence-electron chi connectivity index (χ4n) is 3.84. The molecule has 0 saturated carbocycles.